The van der Waals surface area contributed by atoms with E-state index in [2.05, 4.69) is 5.32 Å². The maximum Gasteiger partial charge on any atom is 0.251 e. The highest BCUT2D eigenvalue weighted by Crippen LogP contribution is 2.22. The summed E-state index contributed by atoms with van der Waals surface area (Å²) in [6.45, 7) is 3.67. The summed E-state index contributed by atoms with van der Waals surface area (Å²) in [7, 11) is 0. The van der Waals surface area contributed by atoms with Gasteiger partial charge in [-0.25, -0.2) is 0 Å². The number of aliphatic hydroxyl groups excluding tert-OH is 1. The molecule has 0 aromatic carbocycles. The van der Waals surface area contributed by atoms with Crippen molar-refractivity contribution < 1.29 is 14.7 Å². The zero-order valence-electron chi connectivity index (χ0n) is 10.9. The van der Waals surface area contributed by atoms with Gasteiger partial charge in [0.25, 0.3) is 5.91 Å². The number of aliphatic hydroxyl groups is 1. The molecule has 0 saturated heterocycles. The minimum absolute atomic E-state index is 0.106. The maximum absolute atomic E-state index is 11.9. The first-order chi connectivity index (χ1) is 9.08. The summed E-state index contributed by atoms with van der Waals surface area (Å²) < 4.78 is 0. The van der Waals surface area contributed by atoms with Gasteiger partial charge in [-0.3, -0.25) is 14.5 Å². The largest absolute Gasteiger partial charge is 0.396 e. The fourth-order valence-electron chi connectivity index (χ4n) is 1.61. The zero-order valence-corrected chi connectivity index (χ0v) is 11.7. The van der Waals surface area contributed by atoms with Gasteiger partial charge in [0, 0.05) is 13.2 Å². The Bertz CT molecular complexity index is 434. The van der Waals surface area contributed by atoms with E-state index in [1.807, 2.05) is 11.8 Å². The topological polar surface area (TPSA) is 95.7 Å². The number of nitrogens with one attached hydrogen (secondary N) is 1. The van der Waals surface area contributed by atoms with E-state index in [9.17, 15) is 9.59 Å². The van der Waals surface area contributed by atoms with E-state index in [1.165, 1.54) is 11.3 Å². The van der Waals surface area contributed by atoms with E-state index in [-0.39, 0.29) is 19.1 Å². The predicted octanol–water partition coefficient (Wildman–Crippen LogP) is 0.490. The van der Waals surface area contributed by atoms with E-state index in [4.69, 9.17) is 10.8 Å². The standard InChI is InChI=1S/C12H19N3O3S/c1-2-15(5-3-6-16)8-10(17)14-12-9(11(13)18)4-7-19-12/h4,7,16H,2-3,5-6,8H2,1H3,(H2,13,18)(H,14,17). The van der Waals surface area contributed by atoms with Crippen molar-refractivity contribution >= 4 is 28.2 Å². The monoisotopic (exact) mass is 285 g/mol. The van der Waals surface area contributed by atoms with Crippen molar-refractivity contribution in [2.75, 3.05) is 31.6 Å². The average molecular weight is 285 g/mol. The third-order valence-electron chi connectivity index (χ3n) is 2.63. The summed E-state index contributed by atoms with van der Waals surface area (Å²) in [5, 5.41) is 13.6. The molecule has 106 valence electrons. The van der Waals surface area contributed by atoms with Crippen molar-refractivity contribution in [3.63, 3.8) is 0 Å². The Hall–Kier alpha value is -1.44. The molecule has 1 aromatic heterocycles. The number of likely N-dealkylation sites (N-methyl/N-ethyl adjacent to an activating group) is 1. The van der Waals surface area contributed by atoms with Crippen LogP contribution in [0.3, 0.4) is 0 Å². The Morgan fingerprint density at radius 1 is 1.53 bits per heavy atom. The minimum Gasteiger partial charge on any atom is -0.396 e. The Morgan fingerprint density at radius 2 is 2.26 bits per heavy atom. The molecule has 0 saturated carbocycles. The fourth-order valence-corrected chi connectivity index (χ4v) is 2.42. The van der Waals surface area contributed by atoms with Gasteiger partial charge in [-0.1, -0.05) is 6.92 Å². The van der Waals surface area contributed by atoms with Crippen LogP contribution in [0.5, 0.6) is 0 Å². The number of rotatable bonds is 8. The molecule has 0 bridgehead atoms. The number of anilines is 1. The van der Waals surface area contributed by atoms with Crippen LogP contribution in [-0.2, 0) is 4.79 Å². The van der Waals surface area contributed by atoms with Crippen molar-refractivity contribution in [2.45, 2.75) is 13.3 Å². The van der Waals surface area contributed by atoms with Crippen LogP contribution < -0.4 is 11.1 Å². The quantitative estimate of drug-likeness (QED) is 0.647. The van der Waals surface area contributed by atoms with Crippen LogP contribution >= 0.6 is 11.3 Å². The molecule has 0 aliphatic rings. The van der Waals surface area contributed by atoms with Gasteiger partial charge in [0.1, 0.15) is 5.00 Å². The summed E-state index contributed by atoms with van der Waals surface area (Å²) in [5.41, 5.74) is 5.54. The molecule has 2 amide bonds. The van der Waals surface area contributed by atoms with Crippen molar-refractivity contribution in [1.29, 1.82) is 0 Å². The number of primary amides is 1. The molecule has 1 heterocycles. The SMILES string of the molecule is CCN(CCCO)CC(=O)Nc1sccc1C(N)=O. The Kier molecular flexibility index (Phi) is 6.48. The molecular weight excluding hydrogens is 266 g/mol. The Morgan fingerprint density at radius 3 is 2.84 bits per heavy atom. The normalized spacial score (nSPS) is 10.7. The second kappa shape index (κ2) is 7.88. The summed E-state index contributed by atoms with van der Waals surface area (Å²) in [5.74, 6) is -0.742. The molecule has 0 atom stereocenters. The van der Waals surface area contributed by atoms with E-state index in [1.54, 1.807) is 11.4 Å². The lowest BCUT2D eigenvalue weighted by Gasteiger charge is -2.19. The highest BCUT2D eigenvalue weighted by Gasteiger charge is 2.14. The van der Waals surface area contributed by atoms with Gasteiger partial charge < -0.3 is 16.2 Å². The summed E-state index contributed by atoms with van der Waals surface area (Å²) in [6, 6.07) is 1.59. The number of nitrogens with two attached hydrogens (primary N) is 1. The van der Waals surface area contributed by atoms with Gasteiger partial charge in [-0.05, 0) is 24.4 Å². The molecule has 6 nitrogen and oxygen atoms in total. The molecule has 0 unspecified atom stereocenters. The smallest absolute Gasteiger partial charge is 0.251 e. The maximum atomic E-state index is 11.9. The van der Waals surface area contributed by atoms with Crippen molar-refractivity contribution in [3.8, 4) is 0 Å². The molecule has 7 heteroatoms. The number of amides is 2. The van der Waals surface area contributed by atoms with E-state index >= 15 is 0 Å². The Labute approximate surface area is 116 Å². The van der Waals surface area contributed by atoms with Crippen LogP contribution in [-0.4, -0.2) is 48.1 Å². The van der Waals surface area contributed by atoms with Gasteiger partial charge in [0.05, 0.1) is 12.1 Å². The van der Waals surface area contributed by atoms with Crippen LogP contribution in [0.15, 0.2) is 11.4 Å². The third-order valence-corrected chi connectivity index (χ3v) is 3.46. The summed E-state index contributed by atoms with van der Waals surface area (Å²) in [4.78, 5) is 24.9. The number of nitrogens with zero attached hydrogens (tertiary/aromatic N) is 1. The van der Waals surface area contributed by atoms with Gasteiger partial charge in [0.2, 0.25) is 5.91 Å². The molecule has 0 fully saturated rings. The van der Waals surface area contributed by atoms with Crippen LogP contribution in [0.25, 0.3) is 0 Å². The van der Waals surface area contributed by atoms with Crippen molar-refractivity contribution in [1.82, 2.24) is 4.90 Å². The highest BCUT2D eigenvalue weighted by atomic mass is 32.1. The number of hydrogen-bond acceptors (Lipinski definition) is 5. The lowest BCUT2D eigenvalue weighted by Crippen LogP contribution is -2.34. The predicted molar refractivity (Wildman–Crippen MR) is 75.3 cm³/mol. The van der Waals surface area contributed by atoms with Gasteiger partial charge in [-0.2, -0.15) is 0 Å². The molecule has 0 spiro atoms. The highest BCUT2D eigenvalue weighted by molar-refractivity contribution is 7.14. The summed E-state index contributed by atoms with van der Waals surface area (Å²) >= 11 is 1.27. The van der Waals surface area contributed by atoms with Crippen LogP contribution in [0.2, 0.25) is 0 Å². The van der Waals surface area contributed by atoms with Gasteiger partial charge in [-0.15, -0.1) is 11.3 Å². The number of thiophene rings is 1. The van der Waals surface area contributed by atoms with Crippen molar-refractivity contribution in [2.24, 2.45) is 5.73 Å². The second-order valence-electron chi connectivity index (χ2n) is 4.02. The molecule has 1 rings (SSSR count). The lowest BCUT2D eigenvalue weighted by atomic mass is 10.3. The van der Waals surface area contributed by atoms with E-state index in [0.717, 1.165) is 6.54 Å². The van der Waals surface area contributed by atoms with E-state index in [0.29, 0.717) is 23.5 Å². The average Bonchev–Trinajstić information content (AvgIpc) is 2.82. The zero-order chi connectivity index (χ0) is 14.3. The molecule has 19 heavy (non-hydrogen) atoms. The Balaban J connectivity index is 2.54. The number of carbonyl (C=O) groups excluding carboxylic acids is 2. The van der Waals surface area contributed by atoms with Gasteiger partial charge in [0.15, 0.2) is 0 Å². The van der Waals surface area contributed by atoms with E-state index < -0.39 is 5.91 Å². The summed E-state index contributed by atoms with van der Waals surface area (Å²) in [6.07, 6.45) is 0.632. The number of carbonyl (C=O) groups is 2. The fraction of sp³-hybridized carbons (Fsp3) is 0.500. The molecule has 0 radical (unpaired) electrons. The van der Waals surface area contributed by atoms with Crippen LogP contribution in [0, 0.1) is 0 Å². The molecule has 0 aliphatic carbocycles. The first kappa shape index (κ1) is 15.6. The molecule has 1 aromatic rings. The van der Waals surface area contributed by atoms with Crippen LogP contribution in [0.4, 0.5) is 5.00 Å². The first-order valence-electron chi connectivity index (χ1n) is 6.08. The second-order valence-corrected chi connectivity index (χ2v) is 4.94. The van der Waals surface area contributed by atoms with Gasteiger partial charge >= 0.3 is 0 Å². The number of hydrogen-bond donors (Lipinski definition) is 3. The van der Waals surface area contributed by atoms with Crippen LogP contribution in [0.1, 0.15) is 23.7 Å². The first-order valence-corrected chi connectivity index (χ1v) is 6.96. The van der Waals surface area contributed by atoms with Crippen molar-refractivity contribution in [3.05, 3.63) is 17.0 Å². The molecular formula is C12H19N3O3S. The minimum atomic E-state index is -0.552. The third kappa shape index (κ3) is 4.98. The lowest BCUT2D eigenvalue weighted by molar-refractivity contribution is -0.117. The molecule has 4 N–H and O–H groups in total. The molecule has 0 aliphatic heterocycles.